The van der Waals surface area contributed by atoms with Crippen LogP contribution < -0.4 is 0 Å². The minimum atomic E-state index is -2.70. The topological polar surface area (TPSA) is 83.3 Å². The van der Waals surface area contributed by atoms with E-state index in [1.165, 1.54) is 6.07 Å². The van der Waals surface area contributed by atoms with Crippen molar-refractivity contribution < 1.29 is 13.7 Å². The second kappa shape index (κ2) is 3.74. The largest absolute Gasteiger partial charge is 0.767 e. The molecule has 12 heavy (non-hydrogen) atoms. The lowest BCUT2D eigenvalue weighted by atomic mass is 10.5. The third-order valence-electron chi connectivity index (χ3n) is 1.16. The van der Waals surface area contributed by atoms with Crippen molar-refractivity contribution in [2.45, 2.75) is 5.37 Å². The predicted octanol–water partition coefficient (Wildman–Crippen LogP) is 0.903. The summed E-state index contributed by atoms with van der Waals surface area (Å²) >= 11 is -1.65. The maximum Gasteiger partial charge on any atom is 0.307 e. The van der Waals surface area contributed by atoms with E-state index in [0.717, 1.165) is 11.3 Å². The molecule has 0 saturated carbocycles. The lowest BCUT2D eigenvalue weighted by Gasteiger charge is -2.09. The molecule has 1 aromatic heterocycles. The van der Waals surface area contributed by atoms with Crippen molar-refractivity contribution in [3.63, 3.8) is 0 Å². The lowest BCUT2D eigenvalue weighted by Crippen LogP contribution is -2.14. The molecular weight excluding hydrogens is 202 g/mol. The van der Waals surface area contributed by atoms with Gasteiger partial charge in [-0.3, -0.25) is 14.3 Å². The van der Waals surface area contributed by atoms with Crippen molar-refractivity contribution in [2.24, 2.45) is 0 Å². The molecule has 0 bridgehead atoms. The standard InChI is InChI=1S/C5H5NO4S2/c7-6(8)5(12(9)10)4-2-1-3-11-4/h1-3,5H,(H,9,10)/p-1. The van der Waals surface area contributed by atoms with E-state index >= 15 is 0 Å². The maximum atomic E-state index is 10.4. The molecule has 7 heteroatoms. The zero-order chi connectivity index (χ0) is 9.14. The first-order chi connectivity index (χ1) is 5.63. The van der Waals surface area contributed by atoms with Crippen molar-refractivity contribution in [3.05, 3.63) is 32.5 Å². The molecular formula is C5H4NO4S2-. The molecule has 1 rings (SSSR count). The highest BCUT2D eigenvalue weighted by molar-refractivity contribution is 7.79. The maximum absolute atomic E-state index is 10.4. The number of rotatable bonds is 3. The fraction of sp³-hybridized carbons (Fsp3) is 0.200. The van der Waals surface area contributed by atoms with Crippen molar-refractivity contribution >= 4 is 22.4 Å². The van der Waals surface area contributed by atoms with Gasteiger partial charge in [0, 0.05) is 16.0 Å². The van der Waals surface area contributed by atoms with E-state index in [9.17, 15) is 18.9 Å². The smallest absolute Gasteiger partial charge is 0.307 e. The van der Waals surface area contributed by atoms with E-state index < -0.39 is 21.4 Å². The van der Waals surface area contributed by atoms with Crippen LogP contribution >= 0.6 is 11.3 Å². The Morgan fingerprint density at radius 1 is 1.67 bits per heavy atom. The Balaban J connectivity index is 2.96. The van der Waals surface area contributed by atoms with Crippen LogP contribution in [-0.2, 0) is 11.1 Å². The van der Waals surface area contributed by atoms with Crippen LogP contribution in [0.25, 0.3) is 0 Å². The Morgan fingerprint density at radius 2 is 2.33 bits per heavy atom. The van der Waals surface area contributed by atoms with E-state index in [4.69, 9.17) is 0 Å². The summed E-state index contributed by atoms with van der Waals surface area (Å²) in [6.45, 7) is 0. The number of hydrogen-bond acceptors (Lipinski definition) is 5. The average Bonchev–Trinajstić information content (AvgIpc) is 2.37. The number of nitrogens with zero attached hydrogens (tertiary/aromatic N) is 1. The summed E-state index contributed by atoms with van der Waals surface area (Å²) in [6, 6.07) is 3.00. The highest BCUT2D eigenvalue weighted by atomic mass is 32.2. The van der Waals surface area contributed by atoms with Crippen LogP contribution in [0.5, 0.6) is 0 Å². The van der Waals surface area contributed by atoms with Crippen LogP contribution in [0.3, 0.4) is 0 Å². The molecule has 0 N–H and O–H groups in total. The van der Waals surface area contributed by atoms with Crippen molar-refractivity contribution in [3.8, 4) is 0 Å². The van der Waals surface area contributed by atoms with Gasteiger partial charge >= 0.3 is 5.37 Å². The molecule has 0 spiro atoms. The summed E-state index contributed by atoms with van der Waals surface area (Å²) in [5, 5.41) is 10.2. The number of thiophene rings is 1. The third kappa shape index (κ3) is 1.87. The monoisotopic (exact) mass is 206 g/mol. The van der Waals surface area contributed by atoms with E-state index in [0.29, 0.717) is 0 Å². The molecule has 5 nitrogen and oxygen atoms in total. The van der Waals surface area contributed by atoms with E-state index in [2.05, 4.69) is 0 Å². The second-order valence-electron chi connectivity index (χ2n) is 1.91. The summed E-state index contributed by atoms with van der Waals surface area (Å²) in [5.74, 6) is 0. The van der Waals surface area contributed by atoms with Gasteiger partial charge in [0.05, 0.1) is 4.88 Å². The predicted molar refractivity (Wildman–Crippen MR) is 43.0 cm³/mol. The lowest BCUT2D eigenvalue weighted by molar-refractivity contribution is -0.502. The number of nitro groups is 1. The molecule has 0 amide bonds. The summed E-state index contributed by atoms with van der Waals surface area (Å²) in [4.78, 5) is 9.66. The minimum absolute atomic E-state index is 0.230. The first kappa shape index (κ1) is 9.30. The van der Waals surface area contributed by atoms with Gasteiger partial charge in [-0.25, -0.2) is 0 Å². The summed E-state index contributed by atoms with van der Waals surface area (Å²) < 4.78 is 20.8. The highest BCUT2D eigenvalue weighted by Crippen LogP contribution is 2.23. The molecule has 0 aliphatic heterocycles. The quantitative estimate of drug-likeness (QED) is 0.418. The molecule has 0 radical (unpaired) electrons. The summed E-state index contributed by atoms with van der Waals surface area (Å²) in [5.41, 5.74) is 0. The van der Waals surface area contributed by atoms with E-state index in [1.807, 2.05) is 0 Å². The van der Waals surface area contributed by atoms with Gasteiger partial charge in [0.15, 0.2) is 0 Å². The summed E-state index contributed by atoms with van der Waals surface area (Å²) in [7, 11) is 0. The molecule has 0 saturated heterocycles. The second-order valence-corrected chi connectivity index (χ2v) is 3.86. The van der Waals surface area contributed by atoms with Gasteiger partial charge in [-0.15, -0.1) is 11.3 Å². The molecule has 0 aromatic carbocycles. The molecule has 2 atom stereocenters. The van der Waals surface area contributed by atoms with Crippen LogP contribution in [0.4, 0.5) is 0 Å². The Morgan fingerprint density at radius 3 is 2.67 bits per heavy atom. The first-order valence-electron chi connectivity index (χ1n) is 2.88. The first-order valence-corrected chi connectivity index (χ1v) is 4.89. The Hall–Kier alpha value is -0.790. The van der Waals surface area contributed by atoms with Crippen LogP contribution in [0, 0.1) is 10.1 Å². The van der Waals surface area contributed by atoms with Crippen LogP contribution in [-0.4, -0.2) is 13.7 Å². The fourth-order valence-electron chi connectivity index (χ4n) is 0.701. The summed E-state index contributed by atoms with van der Waals surface area (Å²) in [6.07, 6.45) is 0. The van der Waals surface area contributed by atoms with E-state index in [1.54, 1.807) is 11.4 Å². The highest BCUT2D eigenvalue weighted by Gasteiger charge is 2.24. The van der Waals surface area contributed by atoms with Crippen LogP contribution in [0.1, 0.15) is 10.3 Å². The van der Waals surface area contributed by atoms with Gasteiger partial charge in [0.2, 0.25) is 0 Å². The Bertz CT molecular complexity index is 282. The van der Waals surface area contributed by atoms with Crippen LogP contribution in [0.2, 0.25) is 0 Å². The zero-order valence-corrected chi connectivity index (χ0v) is 7.34. The van der Waals surface area contributed by atoms with E-state index in [-0.39, 0.29) is 4.88 Å². The van der Waals surface area contributed by atoms with Crippen molar-refractivity contribution in [1.82, 2.24) is 0 Å². The van der Waals surface area contributed by atoms with Crippen LogP contribution in [0.15, 0.2) is 17.5 Å². The van der Waals surface area contributed by atoms with Gasteiger partial charge in [-0.1, -0.05) is 6.07 Å². The Kier molecular flexibility index (Phi) is 2.90. The fourth-order valence-corrected chi connectivity index (χ4v) is 2.19. The zero-order valence-electron chi connectivity index (χ0n) is 5.71. The Labute approximate surface area is 74.5 Å². The molecule has 1 aromatic rings. The molecule has 0 fully saturated rings. The van der Waals surface area contributed by atoms with Gasteiger partial charge in [0.1, 0.15) is 0 Å². The molecule has 66 valence electrons. The number of hydrogen-bond donors (Lipinski definition) is 0. The molecule has 2 unspecified atom stereocenters. The SMILES string of the molecule is O=[N+]([O-])C(c1cccs1)S(=O)[O-]. The normalized spacial score (nSPS) is 15.4. The van der Waals surface area contributed by atoms with Crippen molar-refractivity contribution in [2.75, 3.05) is 0 Å². The molecule has 0 aliphatic carbocycles. The minimum Gasteiger partial charge on any atom is -0.767 e. The van der Waals surface area contributed by atoms with Gasteiger partial charge in [0.25, 0.3) is 0 Å². The molecule has 1 heterocycles. The van der Waals surface area contributed by atoms with Gasteiger partial charge in [-0.05, 0) is 11.4 Å². The third-order valence-corrected chi connectivity index (χ3v) is 3.02. The average molecular weight is 206 g/mol. The van der Waals surface area contributed by atoms with Gasteiger partial charge in [-0.2, -0.15) is 0 Å². The van der Waals surface area contributed by atoms with Gasteiger partial charge < -0.3 is 4.55 Å². The molecule has 0 aliphatic rings. The van der Waals surface area contributed by atoms with Crippen molar-refractivity contribution in [1.29, 1.82) is 0 Å².